The van der Waals surface area contributed by atoms with Gasteiger partial charge >= 0.3 is 0 Å². The summed E-state index contributed by atoms with van der Waals surface area (Å²) in [7, 11) is 0. The lowest BCUT2D eigenvalue weighted by atomic mass is 10.1. The van der Waals surface area contributed by atoms with Crippen molar-refractivity contribution in [3.05, 3.63) is 71.8 Å². The van der Waals surface area contributed by atoms with Crippen LogP contribution in [0.1, 0.15) is 22.8 Å². The van der Waals surface area contributed by atoms with Gasteiger partial charge in [0.2, 0.25) is 0 Å². The second-order valence-electron chi connectivity index (χ2n) is 7.35. The molecule has 1 aromatic heterocycles. The van der Waals surface area contributed by atoms with Gasteiger partial charge in [-0.1, -0.05) is 42.0 Å². The van der Waals surface area contributed by atoms with Crippen LogP contribution in [0.2, 0.25) is 0 Å². The van der Waals surface area contributed by atoms with E-state index in [0.717, 1.165) is 30.2 Å². The van der Waals surface area contributed by atoms with Crippen LogP contribution in [-0.2, 0) is 0 Å². The number of aromatic nitrogens is 2. The molecule has 0 radical (unpaired) electrons. The topological polar surface area (TPSA) is 58.6 Å². The summed E-state index contributed by atoms with van der Waals surface area (Å²) in [6.07, 6.45) is 0. The van der Waals surface area contributed by atoms with E-state index in [4.69, 9.17) is 4.74 Å². The van der Waals surface area contributed by atoms with Gasteiger partial charge in [-0.05, 0) is 38.1 Å². The van der Waals surface area contributed by atoms with E-state index < -0.39 is 0 Å². The Bertz CT molecular complexity index is 994. The second kappa shape index (κ2) is 8.95. The lowest BCUT2D eigenvalue weighted by Crippen LogP contribution is -2.49. The molecule has 6 heteroatoms. The lowest BCUT2D eigenvalue weighted by Gasteiger charge is -2.35. The van der Waals surface area contributed by atoms with Crippen molar-refractivity contribution in [2.24, 2.45) is 0 Å². The number of para-hydroxylation sites is 1. The highest BCUT2D eigenvalue weighted by Crippen LogP contribution is 2.23. The standard InChI is InChI=1S/C24H26N4O2/c1-3-30-22-7-5-4-6-20(22)24(29)28-16-14-27(15-17-28)23-13-12-21(25-26-23)19-10-8-18(2)9-11-19/h4-13H,3,14-17H2,1-2H3. The molecule has 0 spiro atoms. The van der Waals surface area contributed by atoms with Crippen molar-refractivity contribution >= 4 is 11.7 Å². The number of hydrogen-bond acceptors (Lipinski definition) is 5. The van der Waals surface area contributed by atoms with Gasteiger partial charge in [-0.15, -0.1) is 10.2 Å². The van der Waals surface area contributed by atoms with Crippen LogP contribution in [-0.4, -0.2) is 53.8 Å². The van der Waals surface area contributed by atoms with E-state index in [1.807, 2.05) is 48.2 Å². The van der Waals surface area contributed by atoms with Gasteiger partial charge in [-0.3, -0.25) is 4.79 Å². The molecule has 30 heavy (non-hydrogen) atoms. The molecule has 1 aliphatic heterocycles. The maximum Gasteiger partial charge on any atom is 0.257 e. The zero-order valence-corrected chi connectivity index (χ0v) is 17.4. The van der Waals surface area contributed by atoms with E-state index in [-0.39, 0.29) is 5.91 Å². The molecule has 0 aliphatic carbocycles. The van der Waals surface area contributed by atoms with Gasteiger partial charge in [-0.2, -0.15) is 0 Å². The third-order valence-corrected chi connectivity index (χ3v) is 5.31. The minimum absolute atomic E-state index is 0.0134. The summed E-state index contributed by atoms with van der Waals surface area (Å²) in [6, 6.07) is 19.7. The molecule has 4 rings (SSSR count). The number of hydrogen-bond donors (Lipinski definition) is 0. The molecule has 2 aromatic carbocycles. The van der Waals surface area contributed by atoms with Crippen LogP contribution in [0.5, 0.6) is 5.75 Å². The van der Waals surface area contributed by atoms with E-state index in [1.165, 1.54) is 5.56 Å². The van der Waals surface area contributed by atoms with Crippen LogP contribution >= 0.6 is 0 Å². The third kappa shape index (κ3) is 4.27. The van der Waals surface area contributed by atoms with Crippen LogP contribution in [0.15, 0.2) is 60.7 Å². The first kappa shape index (κ1) is 19.9. The number of nitrogens with zero attached hydrogens (tertiary/aromatic N) is 4. The minimum atomic E-state index is 0.0134. The molecule has 1 amide bonds. The number of benzene rings is 2. The molecule has 0 atom stereocenters. The van der Waals surface area contributed by atoms with Gasteiger partial charge in [-0.25, -0.2) is 0 Å². The average Bonchev–Trinajstić information content (AvgIpc) is 2.80. The van der Waals surface area contributed by atoms with Gasteiger partial charge in [0.05, 0.1) is 17.9 Å². The first-order valence-corrected chi connectivity index (χ1v) is 10.3. The van der Waals surface area contributed by atoms with Crippen molar-refractivity contribution in [2.75, 3.05) is 37.7 Å². The molecule has 3 aromatic rings. The van der Waals surface area contributed by atoms with E-state index >= 15 is 0 Å². The fourth-order valence-corrected chi connectivity index (χ4v) is 3.61. The lowest BCUT2D eigenvalue weighted by molar-refractivity contribution is 0.0742. The van der Waals surface area contributed by atoms with E-state index in [2.05, 4.69) is 46.3 Å². The predicted octanol–water partition coefficient (Wildman–Crippen LogP) is 3.81. The Morgan fingerprint density at radius 3 is 2.33 bits per heavy atom. The maximum atomic E-state index is 13.0. The molecule has 2 heterocycles. The summed E-state index contributed by atoms with van der Waals surface area (Å²) < 4.78 is 5.62. The van der Waals surface area contributed by atoms with E-state index in [0.29, 0.717) is 31.0 Å². The monoisotopic (exact) mass is 402 g/mol. The Kier molecular flexibility index (Phi) is 5.93. The quantitative estimate of drug-likeness (QED) is 0.649. The number of ether oxygens (including phenoxy) is 1. The van der Waals surface area contributed by atoms with Crippen LogP contribution in [0.4, 0.5) is 5.82 Å². The molecule has 1 aliphatic rings. The number of rotatable bonds is 5. The molecule has 1 fully saturated rings. The second-order valence-corrected chi connectivity index (χ2v) is 7.35. The highest BCUT2D eigenvalue weighted by molar-refractivity contribution is 5.97. The maximum absolute atomic E-state index is 13.0. The molecule has 1 saturated heterocycles. The van der Waals surface area contributed by atoms with E-state index in [1.54, 1.807) is 0 Å². The molecule has 0 N–H and O–H groups in total. The zero-order valence-electron chi connectivity index (χ0n) is 17.4. The van der Waals surface area contributed by atoms with Gasteiger partial charge < -0.3 is 14.5 Å². The van der Waals surface area contributed by atoms with Crippen LogP contribution in [0.3, 0.4) is 0 Å². The molecular formula is C24H26N4O2. The van der Waals surface area contributed by atoms with Crippen LogP contribution < -0.4 is 9.64 Å². The zero-order chi connectivity index (χ0) is 20.9. The van der Waals surface area contributed by atoms with Crippen molar-refractivity contribution < 1.29 is 9.53 Å². The van der Waals surface area contributed by atoms with E-state index in [9.17, 15) is 4.79 Å². The molecule has 6 nitrogen and oxygen atoms in total. The number of anilines is 1. The van der Waals surface area contributed by atoms with Gasteiger partial charge in [0.25, 0.3) is 5.91 Å². The van der Waals surface area contributed by atoms with Crippen molar-refractivity contribution in [3.63, 3.8) is 0 Å². The first-order chi connectivity index (χ1) is 14.7. The number of carbonyl (C=O) groups is 1. The summed E-state index contributed by atoms with van der Waals surface area (Å²) in [5, 5.41) is 8.82. The van der Waals surface area contributed by atoms with Gasteiger partial charge in [0.15, 0.2) is 5.82 Å². The molecule has 154 valence electrons. The SMILES string of the molecule is CCOc1ccccc1C(=O)N1CCN(c2ccc(-c3ccc(C)cc3)nn2)CC1. The van der Waals surface area contributed by atoms with Crippen molar-refractivity contribution in [1.82, 2.24) is 15.1 Å². The number of aryl methyl sites for hydroxylation is 1. The van der Waals surface area contributed by atoms with Crippen molar-refractivity contribution in [1.29, 1.82) is 0 Å². The average molecular weight is 402 g/mol. The first-order valence-electron chi connectivity index (χ1n) is 10.3. The van der Waals surface area contributed by atoms with Crippen LogP contribution in [0.25, 0.3) is 11.3 Å². The highest BCUT2D eigenvalue weighted by Gasteiger charge is 2.25. The fourth-order valence-electron chi connectivity index (χ4n) is 3.61. The molecule has 0 unspecified atom stereocenters. The van der Waals surface area contributed by atoms with Crippen molar-refractivity contribution in [3.8, 4) is 17.0 Å². The molecule has 0 saturated carbocycles. The Morgan fingerprint density at radius 1 is 0.933 bits per heavy atom. The summed E-state index contributed by atoms with van der Waals surface area (Å²) in [5.74, 6) is 1.50. The summed E-state index contributed by atoms with van der Waals surface area (Å²) in [5.41, 5.74) is 3.76. The fraction of sp³-hybridized carbons (Fsp3) is 0.292. The number of piperazine rings is 1. The van der Waals surface area contributed by atoms with Crippen molar-refractivity contribution in [2.45, 2.75) is 13.8 Å². The normalized spacial score (nSPS) is 13.9. The summed E-state index contributed by atoms with van der Waals surface area (Å²) in [4.78, 5) is 17.0. The highest BCUT2D eigenvalue weighted by atomic mass is 16.5. The Hall–Kier alpha value is -3.41. The smallest absolute Gasteiger partial charge is 0.257 e. The predicted molar refractivity (Wildman–Crippen MR) is 118 cm³/mol. The Balaban J connectivity index is 1.40. The van der Waals surface area contributed by atoms with Crippen LogP contribution in [0, 0.1) is 6.92 Å². The largest absolute Gasteiger partial charge is 0.493 e. The summed E-state index contributed by atoms with van der Waals surface area (Å²) in [6.45, 7) is 7.25. The van der Waals surface area contributed by atoms with Gasteiger partial charge in [0.1, 0.15) is 5.75 Å². The number of amides is 1. The third-order valence-electron chi connectivity index (χ3n) is 5.31. The summed E-state index contributed by atoms with van der Waals surface area (Å²) >= 11 is 0. The molecule has 0 bridgehead atoms. The minimum Gasteiger partial charge on any atom is -0.493 e. The number of carbonyl (C=O) groups excluding carboxylic acids is 1. The van der Waals surface area contributed by atoms with Gasteiger partial charge in [0, 0.05) is 31.7 Å². The Labute approximate surface area is 177 Å². The Morgan fingerprint density at radius 2 is 1.67 bits per heavy atom. The molecular weight excluding hydrogens is 376 g/mol.